The molecule has 0 saturated carbocycles. The summed E-state index contributed by atoms with van der Waals surface area (Å²) in [6, 6.07) is 3.74. The molecule has 4 heteroatoms. The highest BCUT2D eigenvalue weighted by Crippen LogP contribution is 2.24. The number of aldehydes is 1. The Morgan fingerprint density at radius 2 is 2.29 bits per heavy atom. The number of thiophene rings is 1. The third kappa shape index (κ3) is 2.82. The first-order chi connectivity index (χ1) is 6.81. The van der Waals surface area contributed by atoms with E-state index in [2.05, 4.69) is 11.8 Å². The average molecular weight is 213 g/mol. The van der Waals surface area contributed by atoms with Gasteiger partial charge in [0.15, 0.2) is 6.29 Å². The van der Waals surface area contributed by atoms with Gasteiger partial charge in [0.1, 0.15) is 0 Å². The van der Waals surface area contributed by atoms with Gasteiger partial charge < -0.3 is 10.0 Å². The molecule has 0 aliphatic rings. The lowest BCUT2D eigenvalue weighted by Gasteiger charge is -2.20. The van der Waals surface area contributed by atoms with Crippen LogP contribution in [0.2, 0.25) is 0 Å². The number of carbonyl (C=O) groups excluding carboxylic acids is 1. The van der Waals surface area contributed by atoms with Crippen LogP contribution < -0.4 is 4.90 Å². The smallest absolute Gasteiger partial charge is 0.160 e. The van der Waals surface area contributed by atoms with Crippen molar-refractivity contribution in [2.24, 2.45) is 0 Å². The predicted molar refractivity (Wildman–Crippen MR) is 59.3 cm³/mol. The zero-order chi connectivity index (χ0) is 10.4. The molecular weight excluding hydrogens is 198 g/mol. The van der Waals surface area contributed by atoms with Crippen molar-refractivity contribution < 1.29 is 9.90 Å². The van der Waals surface area contributed by atoms with Crippen molar-refractivity contribution >= 4 is 22.6 Å². The van der Waals surface area contributed by atoms with Gasteiger partial charge in [0.25, 0.3) is 0 Å². The first-order valence-electron chi connectivity index (χ1n) is 4.72. The monoisotopic (exact) mass is 213 g/mol. The number of rotatable bonds is 6. The zero-order valence-corrected chi connectivity index (χ0v) is 9.09. The quantitative estimate of drug-likeness (QED) is 0.732. The lowest BCUT2D eigenvalue weighted by Crippen LogP contribution is -2.26. The molecule has 1 N–H and O–H groups in total. The van der Waals surface area contributed by atoms with Crippen molar-refractivity contribution in [3.05, 3.63) is 17.0 Å². The molecule has 0 aliphatic heterocycles. The van der Waals surface area contributed by atoms with Gasteiger partial charge in [0.05, 0.1) is 16.5 Å². The normalized spacial score (nSPS) is 10.1. The third-order valence-corrected chi connectivity index (χ3v) is 2.98. The second-order valence-electron chi connectivity index (χ2n) is 3.00. The Bertz CT molecular complexity index is 279. The van der Waals surface area contributed by atoms with Crippen LogP contribution in [0.5, 0.6) is 0 Å². The first-order valence-corrected chi connectivity index (χ1v) is 5.54. The van der Waals surface area contributed by atoms with Gasteiger partial charge in [0.2, 0.25) is 0 Å². The van der Waals surface area contributed by atoms with Crippen LogP contribution in [-0.2, 0) is 0 Å². The molecule has 78 valence electrons. The number of nitrogens with zero attached hydrogens (tertiary/aromatic N) is 1. The summed E-state index contributed by atoms with van der Waals surface area (Å²) in [4.78, 5) is 13.3. The topological polar surface area (TPSA) is 40.5 Å². The molecule has 0 fully saturated rings. The molecule has 1 heterocycles. The summed E-state index contributed by atoms with van der Waals surface area (Å²) in [6.07, 6.45) is 1.89. The molecule has 0 aromatic carbocycles. The first kappa shape index (κ1) is 11.2. The number of aliphatic hydroxyl groups excluding tert-OH is 1. The second-order valence-corrected chi connectivity index (χ2v) is 4.10. The van der Waals surface area contributed by atoms with Gasteiger partial charge >= 0.3 is 0 Å². The molecule has 0 bridgehead atoms. The SMILES string of the molecule is CCCN(CCO)c1ccc(C=O)s1. The van der Waals surface area contributed by atoms with E-state index in [-0.39, 0.29) is 6.61 Å². The predicted octanol–water partition coefficient (Wildman–Crippen LogP) is 1.77. The summed E-state index contributed by atoms with van der Waals surface area (Å²) >= 11 is 1.47. The maximum absolute atomic E-state index is 10.5. The van der Waals surface area contributed by atoms with Crippen molar-refractivity contribution in [2.45, 2.75) is 13.3 Å². The summed E-state index contributed by atoms with van der Waals surface area (Å²) in [5, 5.41) is 9.94. The molecule has 0 aliphatic carbocycles. The Morgan fingerprint density at radius 1 is 1.50 bits per heavy atom. The molecule has 0 saturated heterocycles. The van der Waals surface area contributed by atoms with Crippen LogP contribution in [0.15, 0.2) is 12.1 Å². The number of hydrogen-bond acceptors (Lipinski definition) is 4. The molecular formula is C10H15NO2S. The Morgan fingerprint density at radius 3 is 2.79 bits per heavy atom. The van der Waals surface area contributed by atoms with E-state index in [0.29, 0.717) is 6.54 Å². The van der Waals surface area contributed by atoms with E-state index >= 15 is 0 Å². The summed E-state index contributed by atoms with van der Waals surface area (Å²) < 4.78 is 0. The molecule has 0 atom stereocenters. The second kappa shape index (κ2) is 5.78. The van der Waals surface area contributed by atoms with Gasteiger partial charge in [-0.3, -0.25) is 4.79 Å². The van der Waals surface area contributed by atoms with Crippen molar-refractivity contribution in [1.29, 1.82) is 0 Å². The molecule has 1 aromatic rings. The summed E-state index contributed by atoms with van der Waals surface area (Å²) in [5.41, 5.74) is 0. The maximum atomic E-state index is 10.5. The van der Waals surface area contributed by atoms with E-state index in [4.69, 9.17) is 5.11 Å². The van der Waals surface area contributed by atoms with Crippen LogP contribution in [0.3, 0.4) is 0 Å². The Kier molecular flexibility index (Phi) is 4.62. The highest BCUT2D eigenvalue weighted by Gasteiger charge is 2.07. The fourth-order valence-corrected chi connectivity index (χ4v) is 2.17. The van der Waals surface area contributed by atoms with E-state index in [1.165, 1.54) is 11.3 Å². The van der Waals surface area contributed by atoms with E-state index < -0.39 is 0 Å². The zero-order valence-electron chi connectivity index (χ0n) is 8.27. The summed E-state index contributed by atoms with van der Waals surface area (Å²) in [7, 11) is 0. The minimum Gasteiger partial charge on any atom is -0.395 e. The van der Waals surface area contributed by atoms with E-state index in [1.54, 1.807) is 0 Å². The fourth-order valence-electron chi connectivity index (χ4n) is 1.30. The number of aliphatic hydroxyl groups is 1. The van der Waals surface area contributed by atoms with Gasteiger partial charge in [0, 0.05) is 13.1 Å². The van der Waals surface area contributed by atoms with Crippen LogP contribution in [0.1, 0.15) is 23.0 Å². The summed E-state index contributed by atoms with van der Waals surface area (Å²) in [6.45, 7) is 3.79. The van der Waals surface area contributed by atoms with Crippen molar-refractivity contribution in [3.63, 3.8) is 0 Å². The Hall–Kier alpha value is -0.870. The Balaban J connectivity index is 2.70. The average Bonchev–Trinajstić information content (AvgIpc) is 2.65. The van der Waals surface area contributed by atoms with Crippen LogP contribution in [0.4, 0.5) is 5.00 Å². The molecule has 0 spiro atoms. The molecule has 14 heavy (non-hydrogen) atoms. The van der Waals surface area contributed by atoms with Gasteiger partial charge in [-0.1, -0.05) is 6.92 Å². The number of hydrogen-bond donors (Lipinski definition) is 1. The maximum Gasteiger partial charge on any atom is 0.160 e. The Labute approximate surface area is 88.0 Å². The minimum atomic E-state index is 0.147. The highest BCUT2D eigenvalue weighted by atomic mass is 32.1. The van der Waals surface area contributed by atoms with Gasteiger partial charge in [-0.25, -0.2) is 0 Å². The third-order valence-electron chi connectivity index (χ3n) is 1.90. The number of anilines is 1. The minimum absolute atomic E-state index is 0.147. The highest BCUT2D eigenvalue weighted by molar-refractivity contribution is 7.17. The van der Waals surface area contributed by atoms with Crippen molar-refractivity contribution in [3.8, 4) is 0 Å². The molecule has 3 nitrogen and oxygen atoms in total. The lowest BCUT2D eigenvalue weighted by atomic mass is 10.4. The molecule has 0 amide bonds. The summed E-state index contributed by atoms with van der Waals surface area (Å²) in [5.74, 6) is 0. The molecule has 1 rings (SSSR count). The van der Waals surface area contributed by atoms with Crippen LogP contribution in [0, 0.1) is 0 Å². The van der Waals surface area contributed by atoms with E-state index in [0.717, 1.165) is 29.1 Å². The van der Waals surface area contributed by atoms with Gasteiger partial charge in [-0.05, 0) is 18.6 Å². The fraction of sp³-hybridized carbons (Fsp3) is 0.500. The standard InChI is InChI=1S/C10H15NO2S/c1-2-5-11(6-7-12)10-4-3-9(8-13)14-10/h3-4,8,12H,2,5-7H2,1H3. The largest absolute Gasteiger partial charge is 0.395 e. The van der Waals surface area contributed by atoms with Gasteiger partial charge in [-0.2, -0.15) is 0 Å². The molecule has 0 unspecified atom stereocenters. The number of carbonyl (C=O) groups is 1. The lowest BCUT2D eigenvalue weighted by molar-refractivity contribution is 0.112. The molecule has 0 radical (unpaired) electrons. The van der Waals surface area contributed by atoms with E-state index in [9.17, 15) is 4.79 Å². The van der Waals surface area contributed by atoms with Crippen molar-refractivity contribution in [2.75, 3.05) is 24.6 Å². The van der Waals surface area contributed by atoms with Crippen LogP contribution in [0.25, 0.3) is 0 Å². The van der Waals surface area contributed by atoms with Gasteiger partial charge in [-0.15, -0.1) is 11.3 Å². The van der Waals surface area contributed by atoms with Crippen LogP contribution in [-0.4, -0.2) is 31.1 Å². The van der Waals surface area contributed by atoms with Crippen molar-refractivity contribution in [1.82, 2.24) is 0 Å². The molecule has 1 aromatic heterocycles. The van der Waals surface area contributed by atoms with Crippen LogP contribution >= 0.6 is 11.3 Å². The van der Waals surface area contributed by atoms with E-state index in [1.807, 2.05) is 12.1 Å².